The number of hydrogen-bond acceptors (Lipinski definition) is 0. The van der Waals surface area contributed by atoms with Gasteiger partial charge in [-0.15, -0.1) is 0 Å². The summed E-state index contributed by atoms with van der Waals surface area (Å²) < 4.78 is 0. The molecule has 10 aromatic carbocycles. The van der Waals surface area contributed by atoms with Gasteiger partial charge in [-0.1, -0.05) is 60.7 Å². The Balaban J connectivity index is 1.42. The van der Waals surface area contributed by atoms with Crippen LogP contribution in [0.4, 0.5) is 0 Å². The van der Waals surface area contributed by atoms with Crippen LogP contribution in [0.5, 0.6) is 0 Å². The van der Waals surface area contributed by atoms with Crippen LogP contribution in [0.3, 0.4) is 0 Å². The summed E-state index contributed by atoms with van der Waals surface area (Å²) in [4.78, 5) is 0. The SMILES string of the molecule is c1cc2cc3c4c5c(c6c7c8c(cc9cccc%10cc%11c(c%12c(c%13c(c%14c(cc(c1)c2c4%14)C%13)c5c7%12)C%11)c8c9%10)C6)C3. The Morgan fingerprint density at radius 2 is 0.550 bits per heavy atom. The first kappa shape index (κ1) is 17.8. The summed E-state index contributed by atoms with van der Waals surface area (Å²) in [7, 11) is 0. The molecule has 0 aliphatic heterocycles. The van der Waals surface area contributed by atoms with Gasteiger partial charge in [-0.3, -0.25) is 0 Å². The molecule has 40 heavy (non-hydrogen) atoms. The predicted octanol–water partition coefficient (Wildman–Crippen LogP) is 10.00. The van der Waals surface area contributed by atoms with Gasteiger partial charge in [-0.25, -0.2) is 0 Å². The summed E-state index contributed by atoms with van der Waals surface area (Å²) in [5.41, 5.74) is 12.9. The zero-order valence-electron chi connectivity index (χ0n) is 21.6. The summed E-state index contributed by atoms with van der Waals surface area (Å²) >= 11 is 0. The van der Waals surface area contributed by atoms with Gasteiger partial charge in [0.2, 0.25) is 0 Å². The Hall–Kier alpha value is -4.68. The molecule has 0 atom stereocenters. The highest BCUT2D eigenvalue weighted by Crippen LogP contribution is 2.62. The van der Waals surface area contributed by atoms with Gasteiger partial charge >= 0.3 is 0 Å². The molecule has 0 fully saturated rings. The predicted molar refractivity (Wildman–Crippen MR) is 169 cm³/mol. The van der Waals surface area contributed by atoms with E-state index in [9.17, 15) is 0 Å². The number of hydrogen-bond donors (Lipinski definition) is 0. The molecule has 0 heteroatoms. The van der Waals surface area contributed by atoms with Crippen LogP contribution in [0.2, 0.25) is 0 Å². The van der Waals surface area contributed by atoms with Crippen molar-refractivity contribution in [3.05, 3.63) is 105 Å². The maximum absolute atomic E-state index is 2.55. The number of benzene rings is 10. The molecular weight excluding hydrogens is 480 g/mol. The molecule has 0 heterocycles. The second-order valence-corrected chi connectivity index (χ2v) is 13.4. The third kappa shape index (κ3) is 1.44. The van der Waals surface area contributed by atoms with Crippen molar-refractivity contribution >= 4 is 97.0 Å². The first-order valence-electron chi connectivity index (χ1n) is 14.9. The van der Waals surface area contributed by atoms with Crippen LogP contribution in [-0.4, -0.2) is 0 Å². The van der Waals surface area contributed by atoms with Gasteiger partial charge in [-0.05, 0) is 167 Å². The Morgan fingerprint density at radius 1 is 0.275 bits per heavy atom. The summed E-state index contributed by atoms with van der Waals surface area (Å²) in [5, 5.41) is 28.0. The standard InChI is InChI=1S/C40H18/c1-3-15-7-19-11-23-25-13-21-9-17-5-2-6-18-10-22-14-26-24-12-20-8-16(4-1)27(15)37-29(19)33(23)39(34(24)30(20)37)40-35(25)31(21)38(28(17)18)32(22)36(26)40/h1-10H,11-14H2. The van der Waals surface area contributed by atoms with Gasteiger partial charge in [0.1, 0.15) is 0 Å². The van der Waals surface area contributed by atoms with E-state index in [1.807, 2.05) is 0 Å². The molecule has 0 amide bonds. The lowest BCUT2D eigenvalue weighted by Crippen LogP contribution is -1.96. The molecule has 4 aliphatic carbocycles. The Bertz CT molecular complexity index is 2610. The second kappa shape index (κ2) is 5.00. The van der Waals surface area contributed by atoms with Gasteiger partial charge < -0.3 is 0 Å². The summed E-state index contributed by atoms with van der Waals surface area (Å²) in [5.74, 6) is 0. The maximum Gasteiger partial charge on any atom is -0.000746 e. The van der Waals surface area contributed by atoms with Crippen molar-refractivity contribution in [1.29, 1.82) is 0 Å². The summed E-state index contributed by atoms with van der Waals surface area (Å²) in [6.07, 6.45) is 4.35. The monoisotopic (exact) mass is 498 g/mol. The summed E-state index contributed by atoms with van der Waals surface area (Å²) in [6.45, 7) is 0. The van der Waals surface area contributed by atoms with Crippen molar-refractivity contribution in [3.63, 3.8) is 0 Å². The van der Waals surface area contributed by atoms with Gasteiger partial charge in [0.05, 0.1) is 0 Å². The molecule has 178 valence electrons. The molecule has 0 spiro atoms. The van der Waals surface area contributed by atoms with E-state index in [-0.39, 0.29) is 0 Å². The van der Waals surface area contributed by atoms with Crippen molar-refractivity contribution in [2.24, 2.45) is 0 Å². The minimum Gasteiger partial charge on any atom is -0.0610 e. The van der Waals surface area contributed by atoms with E-state index in [1.54, 1.807) is 109 Å². The van der Waals surface area contributed by atoms with Crippen LogP contribution in [-0.2, 0) is 25.7 Å². The van der Waals surface area contributed by atoms with E-state index in [1.165, 1.54) is 32.3 Å². The van der Waals surface area contributed by atoms with E-state index in [2.05, 4.69) is 60.7 Å². The highest BCUT2D eigenvalue weighted by atomic mass is 14.4. The molecular formula is C40H18. The Labute approximate surface area is 227 Å². The molecule has 0 nitrogen and oxygen atoms in total. The topological polar surface area (TPSA) is 0 Å². The molecule has 0 bridgehead atoms. The van der Waals surface area contributed by atoms with Crippen molar-refractivity contribution in [1.82, 2.24) is 0 Å². The van der Waals surface area contributed by atoms with Crippen LogP contribution >= 0.6 is 0 Å². The molecule has 0 radical (unpaired) electrons. The lowest BCUT2D eigenvalue weighted by atomic mass is 9.82. The molecule has 4 aliphatic rings. The maximum atomic E-state index is 2.55. The zero-order valence-corrected chi connectivity index (χ0v) is 21.6. The molecule has 0 N–H and O–H groups in total. The average Bonchev–Trinajstić information content (AvgIpc) is 3.73. The van der Waals surface area contributed by atoms with E-state index in [0.29, 0.717) is 0 Å². The fourth-order valence-electron chi connectivity index (χ4n) is 11.0. The van der Waals surface area contributed by atoms with Crippen molar-refractivity contribution < 1.29 is 0 Å². The average molecular weight is 499 g/mol. The van der Waals surface area contributed by atoms with Crippen molar-refractivity contribution in [3.8, 4) is 0 Å². The van der Waals surface area contributed by atoms with E-state index >= 15 is 0 Å². The molecule has 0 aromatic heterocycles. The van der Waals surface area contributed by atoms with E-state index in [4.69, 9.17) is 0 Å². The van der Waals surface area contributed by atoms with Gasteiger partial charge in [-0.2, -0.15) is 0 Å². The third-order valence-corrected chi connectivity index (χ3v) is 12.0. The third-order valence-electron chi connectivity index (χ3n) is 12.0. The van der Waals surface area contributed by atoms with Gasteiger partial charge in [0, 0.05) is 0 Å². The number of rotatable bonds is 0. The Morgan fingerprint density at radius 3 is 0.850 bits per heavy atom. The zero-order chi connectivity index (χ0) is 24.9. The van der Waals surface area contributed by atoms with Crippen LogP contribution < -0.4 is 0 Å². The second-order valence-electron chi connectivity index (χ2n) is 13.4. The fourth-order valence-corrected chi connectivity index (χ4v) is 11.0. The van der Waals surface area contributed by atoms with Crippen LogP contribution in [0, 0.1) is 0 Å². The normalized spacial score (nSPS) is 16.1. The molecule has 0 saturated heterocycles. The first-order chi connectivity index (χ1) is 19.8. The van der Waals surface area contributed by atoms with E-state index < -0.39 is 0 Å². The fraction of sp³-hybridized carbons (Fsp3) is 0.100. The molecule has 14 rings (SSSR count). The highest BCUT2D eigenvalue weighted by Gasteiger charge is 2.39. The smallest absolute Gasteiger partial charge is 0.000746 e. The molecule has 10 aromatic rings. The molecule has 0 unspecified atom stereocenters. The lowest BCUT2D eigenvalue weighted by Gasteiger charge is -2.21. The van der Waals surface area contributed by atoms with E-state index in [0.717, 1.165) is 25.7 Å². The van der Waals surface area contributed by atoms with Crippen molar-refractivity contribution in [2.75, 3.05) is 0 Å². The highest BCUT2D eigenvalue weighted by molar-refractivity contribution is 6.49. The Kier molecular flexibility index (Phi) is 2.23. The minimum absolute atomic E-state index is 1.09. The largest absolute Gasteiger partial charge is 0.0610 e. The first-order valence-corrected chi connectivity index (χ1v) is 14.9. The van der Waals surface area contributed by atoms with Crippen LogP contribution in [0.1, 0.15) is 44.5 Å². The van der Waals surface area contributed by atoms with Gasteiger partial charge in [0.15, 0.2) is 0 Å². The summed E-state index contributed by atoms with van der Waals surface area (Å²) in [6, 6.07) is 24.2. The van der Waals surface area contributed by atoms with Gasteiger partial charge in [0.25, 0.3) is 0 Å². The van der Waals surface area contributed by atoms with Crippen LogP contribution in [0.15, 0.2) is 60.7 Å². The van der Waals surface area contributed by atoms with Crippen molar-refractivity contribution in [2.45, 2.75) is 25.7 Å². The minimum atomic E-state index is 1.09. The lowest BCUT2D eigenvalue weighted by molar-refractivity contribution is 1.17. The molecule has 0 saturated carbocycles. The van der Waals surface area contributed by atoms with Crippen LogP contribution in [0.25, 0.3) is 97.0 Å². The quantitative estimate of drug-likeness (QED) is 0.144. The number of fused-ring (bicyclic) bond motifs is 2.